The molecule has 0 unspecified atom stereocenters. The minimum atomic E-state index is -0.639. The Morgan fingerprint density at radius 1 is 1.12 bits per heavy atom. The molecule has 1 aromatic rings. The van der Waals surface area contributed by atoms with Crippen molar-refractivity contribution in [2.45, 2.75) is 19.9 Å². The lowest BCUT2D eigenvalue weighted by molar-refractivity contribution is -0.136. The lowest BCUT2D eigenvalue weighted by Gasteiger charge is -2.34. The third-order valence-corrected chi connectivity index (χ3v) is 3.98. The quantitative estimate of drug-likeness (QED) is 0.853. The van der Waals surface area contributed by atoms with Gasteiger partial charge in [0.1, 0.15) is 0 Å². The molecule has 1 aliphatic rings. The highest BCUT2D eigenvalue weighted by atomic mass is 16.5. The molecule has 24 heavy (non-hydrogen) atoms. The minimum Gasteiger partial charge on any atom is -0.466 e. The largest absolute Gasteiger partial charge is 0.466 e. The lowest BCUT2D eigenvalue weighted by atomic mass is 9.94. The van der Waals surface area contributed by atoms with Crippen molar-refractivity contribution in [3.05, 3.63) is 46.7 Å². The number of nitrogens with zero attached hydrogens (tertiary/aromatic N) is 1. The van der Waals surface area contributed by atoms with E-state index in [1.54, 1.807) is 31.2 Å². The van der Waals surface area contributed by atoms with Gasteiger partial charge in [-0.25, -0.2) is 14.4 Å². The number of hydrogen-bond donors (Lipinski definition) is 1. The molecule has 128 valence electrons. The van der Waals surface area contributed by atoms with Gasteiger partial charge in [-0.3, -0.25) is 4.90 Å². The number of amides is 2. The fraction of sp³-hybridized carbons (Fsp3) is 0.353. The maximum atomic E-state index is 12.3. The third kappa shape index (κ3) is 3.10. The number of methoxy groups -OCH3 is 2. The summed E-state index contributed by atoms with van der Waals surface area (Å²) in [6.45, 7) is 3.97. The van der Waals surface area contributed by atoms with Gasteiger partial charge in [0.15, 0.2) is 0 Å². The number of carbonyl (C=O) groups excluding carboxylic acids is 3. The molecular weight excluding hydrogens is 312 g/mol. The molecule has 0 spiro atoms. The van der Waals surface area contributed by atoms with Crippen LogP contribution >= 0.6 is 0 Å². The van der Waals surface area contributed by atoms with Crippen molar-refractivity contribution in [2.24, 2.45) is 0 Å². The summed E-state index contributed by atoms with van der Waals surface area (Å²) in [7, 11) is 2.60. The Bertz CT molecular complexity index is 693. The van der Waals surface area contributed by atoms with E-state index in [9.17, 15) is 14.4 Å². The topological polar surface area (TPSA) is 84.9 Å². The van der Waals surface area contributed by atoms with Crippen LogP contribution in [0.5, 0.6) is 0 Å². The van der Waals surface area contributed by atoms with Crippen molar-refractivity contribution in [1.82, 2.24) is 10.2 Å². The van der Waals surface area contributed by atoms with Crippen molar-refractivity contribution < 1.29 is 23.9 Å². The Kier molecular flexibility index (Phi) is 5.23. The highest BCUT2D eigenvalue weighted by Crippen LogP contribution is 2.31. The first kappa shape index (κ1) is 17.5. The molecule has 0 aromatic heterocycles. The van der Waals surface area contributed by atoms with E-state index in [4.69, 9.17) is 4.74 Å². The first-order chi connectivity index (χ1) is 11.4. The van der Waals surface area contributed by atoms with Gasteiger partial charge in [0.2, 0.25) is 0 Å². The predicted octanol–water partition coefficient (Wildman–Crippen LogP) is 2.01. The van der Waals surface area contributed by atoms with Crippen molar-refractivity contribution in [3.8, 4) is 0 Å². The Balaban J connectivity index is 2.47. The maximum absolute atomic E-state index is 12.3. The molecule has 1 aliphatic heterocycles. The van der Waals surface area contributed by atoms with Gasteiger partial charge < -0.3 is 14.8 Å². The second-order valence-electron chi connectivity index (χ2n) is 5.23. The standard InChI is InChI=1S/C17H20N2O5/c1-5-19-10(2)13(16(21)24-4)14(18-17(19)22)11-6-8-12(9-7-11)15(20)23-3/h6-9,14H,5H2,1-4H3,(H,18,22)/t14-/m0/s1. The van der Waals surface area contributed by atoms with E-state index in [-0.39, 0.29) is 6.03 Å². The molecule has 2 rings (SSSR count). The first-order valence-corrected chi connectivity index (χ1v) is 7.50. The lowest BCUT2D eigenvalue weighted by Crippen LogP contribution is -2.47. The molecule has 1 heterocycles. The number of nitrogens with one attached hydrogen (secondary N) is 1. The van der Waals surface area contributed by atoms with Crippen LogP contribution in [-0.4, -0.2) is 43.6 Å². The van der Waals surface area contributed by atoms with Crippen LogP contribution in [0.1, 0.15) is 35.8 Å². The second-order valence-corrected chi connectivity index (χ2v) is 5.23. The molecule has 2 amide bonds. The number of allylic oxidation sites excluding steroid dienone is 1. The summed E-state index contributed by atoms with van der Waals surface area (Å²) < 4.78 is 9.53. The molecule has 0 aliphatic carbocycles. The number of ether oxygens (including phenoxy) is 2. The van der Waals surface area contributed by atoms with Gasteiger partial charge in [0.05, 0.1) is 31.4 Å². The number of hydrogen-bond acceptors (Lipinski definition) is 5. The SMILES string of the molecule is CCN1C(=O)N[C@@H](c2ccc(C(=O)OC)cc2)C(C(=O)OC)=C1C. The van der Waals surface area contributed by atoms with Crippen molar-refractivity contribution in [3.63, 3.8) is 0 Å². The van der Waals surface area contributed by atoms with Crippen LogP contribution in [0.4, 0.5) is 4.79 Å². The number of benzene rings is 1. The average Bonchev–Trinajstić information content (AvgIpc) is 2.60. The summed E-state index contributed by atoms with van der Waals surface area (Å²) in [6.07, 6.45) is 0. The smallest absolute Gasteiger partial charge is 0.337 e. The fourth-order valence-corrected chi connectivity index (χ4v) is 2.72. The average molecular weight is 332 g/mol. The number of carbonyl (C=O) groups is 3. The van der Waals surface area contributed by atoms with Crippen LogP contribution in [0.15, 0.2) is 35.5 Å². The van der Waals surface area contributed by atoms with Crippen LogP contribution in [0, 0.1) is 0 Å². The van der Waals surface area contributed by atoms with Gasteiger partial charge in [0.25, 0.3) is 0 Å². The molecule has 0 saturated heterocycles. The van der Waals surface area contributed by atoms with E-state index in [1.165, 1.54) is 19.1 Å². The summed E-state index contributed by atoms with van der Waals surface area (Å²) in [5, 5.41) is 2.80. The summed E-state index contributed by atoms with van der Waals surface area (Å²) in [4.78, 5) is 37.5. The predicted molar refractivity (Wildman–Crippen MR) is 86.2 cm³/mol. The van der Waals surface area contributed by atoms with E-state index in [0.717, 1.165) is 0 Å². The first-order valence-electron chi connectivity index (χ1n) is 7.50. The minimum absolute atomic E-state index is 0.287. The Labute approximate surface area is 140 Å². The van der Waals surface area contributed by atoms with Crippen LogP contribution in [0.2, 0.25) is 0 Å². The summed E-state index contributed by atoms with van der Waals surface area (Å²) in [6, 6.07) is 5.60. The van der Waals surface area contributed by atoms with Gasteiger partial charge >= 0.3 is 18.0 Å². The van der Waals surface area contributed by atoms with Gasteiger partial charge in [-0.1, -0.05) is 12.1 Å². The third-order valence-electron chi connectivity index (χ3n) is 3.98. The van der Waals surface area contributed by atoms with E-state index in [2.05, 4.69) is 10.1 Å². The molecule has 1 N–H and O–H groups in total. The van der Waals surface area contributed by atoms with E-state index < -0.39 is 18.0 Å². The van der Waals surface area contributed by atoms with E-state index >= 15 is 0 Å². The van der Waals surface area contributed by atoms with Crippen LogP contribution < -0.4 is 5.32 Å². The van der Waals surface area contributed by atoms with Gasteiger partial charge in [-0.05, 0) is 31.5 Å². The number of rotatable bonds is 4. The Morgan fingerprint density at radius 2 is 1.71 bits per heavy atom. The van der Waals surface area contributed by atoms with Crippen molar-refractivity contribution in [2.75, 3.05) is 20.8 Å². The molecule has 0 fully saturated rings. The zero-order chi connectivity index (χ0) is 17.9. The maximum Gasteiger partial charge on any atom is 0.337 e. The monoisotopic (exact) mass is 332 g/mol. The van der Waals surface area contributed by atoms with E-state index in [0.29, 0.717) is 28.9 Å². The molecule has 0 bridgehead atoms. The molecular formula is C17H20N2O5. The highest BCUT2D eigenvalue weighted by Gasteiger charge is 2.35. The Hall–Kier alpha value is -2.83. The normalized spacial score (nSPS) is 17.4. The fourth-order valence-electron chi connectivity index (χ4n) is 2.72. The zero-order valence-electron chi connectivity index (χ0n) is 14.1. The number of urea groups is 1. The van der Waals surface area contributed by atoms with Gasteiger partial charge in [-0.2, -0.15) is 0 Å². The van der Waals surface area contributed by atoms with Crippen molar-refractivity contribution >= 4 is 18.0 Å². The zero-order valence-corrected chi connectivity index (χ0v) is 14.1. The van der Waals surface area contributed by atoms with E-state index in [1.807, 2.05) is 6.92 Å². The molecule has 0 saturated carbocycles. The molecule has 7 nitrogen and oxygen atoms in total. The van der Waals surface area contributed by atoms with Gasteiger partial charge in [0, 0.05) is 12.2 Å². The number of esters is 2. The Morgan fingerprint density at radius 3 is 2.21 bits per heavy atom. The van der Waals surface area contributed by atoms with Crippen LogP contribution in [0.25, 0.3) is 0 Å². The molecule has 1 aromatic carbocycles. The molecule has 7 heteroatoms. The van der Waals surface area contributed by atoms with Crippen LogP contribution in [0.3, 0.4) is 0 Å². The summed E-state index contributed by atoms with van der Waals surface area (Å²) >= 11 is 0. The summed E-state index contributed by atoms with van der Waals surface area (Å²) in [5.41, 5.74) is 1.98. The van der Waals surface area contributed by atoms with Crippen molar-refractivity contribution in [1.29, 1.82) is 0 Å². The molecule has 1 atom stereocenters. The molecule has 0 radical (unpaired) electrons. The van der Waals surface area contributed by atoms with Crippen LogP contribution in [-0.2, 0) is 14.3 Å². The second kappa shape index (κ2) is 7.16. The summed E-state index contributed by atoms with van der Waals surface area (Å²) in [5.74, 6) is -0.959. The van der Waals surface area contributed by atoms with Gasteiger partial charge in [-0.15, -0.1) is 0 Å². The highest BCUT2D eigenvalue weighted by molar-refractivity contribution is 5.95.